The number of carbonyl (C=O) groups is 3. The predicted octanol–water partition coefficient (Wildman–Crippen LogP) is 4.17. The molecule has 0 heterocycles. The lowest BCUT2D eigenvalue weighted by Crippen LogP contribution is -2.34. The van der Waals surface area contributed by atoms with E-state index in [-0.39, 0.29) is 18.2 Å². The van der Waals surface area contributed by atoms with Gasteiger partial charge in [0.2, 0.25) is 0 Å². The van der Waals surface area contributed by atoms with Gasteiger partial charge >= 0.3 is 5.97 Å². The molecule has 3 rings (SSSR count). The van der Waals surface area contributed by atoms with E-state index < -0.39 is 11.9 Å². The quantitative estimate of drug-likeness (QED) is 0.217. The summed E-state index contributed by atoms with van der Waals surface area (Å²) in [5.74, 6) is -1.06. The molecule has 2 N–H and O–H groups in total. The highest BCUT2D eigenvalue weighted by Crippen LogP contribution is 2.23. The molecule has 3 aromatic carbocycles. The molecule has 0 aromatic heterocycles. The van der Waals surface area contributed by atoms with Crippen molar-refractivity contribution in [2.24, 2.45) is 5.10 Å². The van der Waals surface area contributed by atoms with Crippen LogP contribution in [0.5, 0.6) is 5.75 Å². The van der Waals surface area contributed by atoms with E-state index in [0.29, 0.717) is 16.7 Å². The molecule has 0 radical (unpaired) electrons. The van der Waals surface area contributed by atoms with Crippen LogP contribution in [0, 0.1) is 13.8 Å². The molecule has 0 spiro atoms. The lowest BCUT2D eigenvalue weighted by atomic mass is 10.1. The van der Waals surface area contributed by atoms with Crippen LogP contribution in [0.2, 0.25) is 0 Å². The maximum atomic E-state index is 12.6. The first-order chi connectivity index (χ1) is 15.8. The van der Waals surface area contributed by atoms with E-state index >= 15 is 0 Å². The fourth-order valence-electron chi connectivity index (χ4n) is 2.85. The van der Waals surface area contributed by atoms with Crippen LogP contribution in [0.25, 0.3) is 0 Å². The molecule has 33 heavy (non-hydrogen) atoms. The minimum atomic E-state index is -0.500. The van der Waals surface area contributed by atoms with E-state index in [1.165, 1.54) is 6.21 Å². The van der Waals surface area contributed by atoms with E-state index in [9.17, 15) is 14.4 Å². The first-order valence-corrected chi connectivity index (χ1v) is 10.9. The molecular weight excluding hydrogens is 486 g/mol. The second-order valence-electron chi connectivity index (χ2n) is 7.23. The summed E-state index contributed by atoms with van der Waals surface area (Å²) in [6.45, 7) is 3.51. The third-order valence-corrected chi connectivity index (χ3v) is 5.15. The standard InChI is InChI=1S/C25H22BrN3O4/c1-16-7-9-18(10-8-16)24(31)27-15-23(30)29-28-14-19-13-20(26)11-12-22(19)33-25(32)21-6-4-3-5-17(21)2/h3-14H,15H2,1-2H3,(H,27,31)(H,29,30)/b28-14+. The molecule has 0 aliphatic rings. The van der Waals surface area contributed by atoms with Crippen molar-refractivity contribution in [3.8, 4) is 5.75 Å². The molecule has 7 nitrogen and oxygen atoms in total. The summed E-state index contributed by atoms with van der Waals surface area (Å²) >= 11 is 3.37. The molecule has 0 saturated heterocycles. The predicted molar refractivity (Wildman–Crippen MR) is 130 cm³/mol. The highest BCUT2D eigenvalue weighted by molar-refractivity contribution is 9.10. The number of carbonyl (C=O) groups excluding carboxylic acids is 3. The van der Waals surface area contributed by atoms with Gasteiger partial charge in [-0.1, -0.05) is 51.8 Å². The van der Waals surface area contributed by atoms with E-state index in [1.807, 2.05) is 38.1 Å². The van der Waals surface area contributed by atoms with Crippen molar-refractivity contribution in [3.63, 3.8) is 0 Å². The van der Waals surface area contributed by atoms with Crippen molar-refractivity contribution in [2.75, 3.05) is 6.54 Å². The zero-order chi connectivity index (χ0) is 23.8. The van der Waals surface area contributed by atoms with E-state index in [2.05, 4.69) is 31.8 Å². The summed E-state index contributed by atoms with van der Waals surface area (Å²) in [5.41, 5.74) is 5.59. The molecule has 168 valence electrons. The van der Waals surface area contributed by atoms with Crippen molar-refractivity contribution in [3.05, 3.63) is 99.0 Å². The maximum Gasteiger partial charge on any atom is 0.343 e. The van der Waals surface area contributed by atoms with Crippen LogP contribution in [0.1, 0.15) is 37.4 Å². The number of aryl methyl sites for hydroxylation is 2. The topological polar surface area (TPSA) is 96.9 Å². The summed E-state index contributed by atoms with van der Waals surface area (Å²) in [7, 11) is 0. The van der Waals surface area contributed by atoms with Gasteiger partial charge in [0, 0.05) is 15.6 Å². The number of nitrogens with one attached hydrogen (secondary N) is 2. The second kappa shape index (κ2) is 11.2. The molecule has 0 aliphatic heterocycles. The molecule has 3 aromatic rings. The van der Waals surface area contributed by atoms with Crippen molar-refractivity contribution in [1.82, 2.24) is 10.7 Å². The highest BCUT2D eigenvalue weighted by Gasteiger charge is 2.13. The average Bonchev–Trinajstić information content (AvgIpc) is 2.80. The van der Waals surface area contributed by atoms with E-state index in [1.54, 1.807) is 42.5 Å². The minimum absolute atomic E-state index is 0.238. The number of benzene rings is 3. The number of esters is 1. The number of nitrogens with zero attached hydrogens (tertiary/aromatic N) is 1. The zero-order valence-electron chi connectivity index (χ0n) is 18.1. The van der Waals surface area contributed by atoms with Gasteiger partial charge in [-0.25, -0.2) is 10.2 Å². The Morgan fingerprint density at radius 2 is 1.73 bits per heavy atom. The first-order valence-electron chi connectivity index (χ1n) is 10.1. The van der Waals surface area contributed by atoms with Crippen LogP contribution in [0.3, 0.4) is 0 Å². The minimum Gasteiger partial charge on any atom is -0.422 e. The molecule has 2 amide bonds. The van der Waals surface area contributed by atoms with Gasteiger partial charge in [-0.3, -0.25) is 9.59 Å². The van der Waals surface area contributed by atoms with Crippen LogP contribution < -0.4 is 15.5 Å². The monoisotopic (exact) mass is 507 g/mol. The molecule has 0 fully saturated rings. The van der Waals surface area contributed by atoms with E-state index in [4.69, 9.17) is 4.74 Å². The lowest BCUT2D eigenvalue weighted by Gasteiger charge is -2.09. The van der Waals surface area contributed by atoms with E-state index in [0.717, 1.165) is 15.6 Å². The van der Waals surface area contributed by atoms with Crippen LogP contribution in [-0.2, 0) is 4.79 Å². The van der Waals surface area contributed by atoms with Gasteiger partial charge < -0.3 is 10.1 Å². The van der Waals surface area contributed by atoms with Gasteiger partial charge in [0.25, 0.3) is 11.8 Å². The van der Waals surface area contributed by atoms with Crippen molar-refractivity contribution >= 4 is 39.9 Å². The Bertz CT molecular complexity index is 1210. The number of rotatable bonds is 7. The first kappa shape index (κ1) is 23.9. The third kappa shape index (κ3) is 6.85. The van der Waals surface area contributed by atoms with Crippen LogP contribution in [0.4, 0.5) is 0 Å². The Labute approximate surface area is 200 Å². The molecule has 0 bridgehead atoms. The van der Waals surface area contributed by atoms with Gasteiger partial charge in [-0.15, -0.1) is 0 Å². The fourth-order valence-corrected chi connectivity index (χ4v) is 3.23. The van der Waals surface area contributed by atoms with Crippen LogP contribution >= 0.6 is 15.9 Å². The molecule has 0 unspecified atom stereocenters. The van der Waals surface area contributed by atoms with Crippen LogP contribution in [-0.4, -0.2) is 30.5 Å². The summed E-state index contributed by atoms with van der Waals surface area (Å²) < 4.78 is 6.29. The number of hydrogen-bond acceptors (Lipinski definition) is 5. The molecule has 8 heteroatoms. The van der Waals surface area contributed by atoms with Crippen molar-refractivity contribution in [1.29, 1.82) is 0 Å². The second-order valence-corrected chi connectivity index (χ2v) is 8.14. The Morgan fingerprint density at radius 3 is 2.45 bits per heavy atom. The summed E-state index contributed by atoms with van der Waals surface area (Å²) in [6, 6.07) is 19.2. The van der Waals surface area contributed by atoms with Gasteiger partial charge in [-0.05, 0) is 55.8 Å². The normalized spacial score (nSPS) is 10.6. The lowest BCUT2D eigenvalue weighted by molar-refractivity contribution is -0.120. The third-order valence-electron chi connectivity index (χ3n) is 4.66. The fraction of sp³-hybridized carbons (Fsp3) is 0.120. The largest absolute Gasteiger partial charge is 0.422 e. The number of halogens is 1. The number of ether oxygens (including phenoxy) is 1. The van der Waals surface area contributed by atoms with Gasteiger partial charge in [-0.2, -0.15) is 5.10 Å². The van der Waals surface area contributed by atoms with Gasteiger partial charge in [0.1, 0.15) is 5.75 Å². The Morgan fingerprint density at radius 1 is 1.00 bits per heavy atom. The van der Waals surface area contributed by atoms with Gasteiger partial charge in [0.15, 0.2) is 0 Å². The Hall–Kier alpha value is -3.78. The zero-order valence-corrected chi connectivity index (χ0v) is 19.7. The maximum absolute atomic E-state index is 12.6. The smallest absolute Gasteiger partial charge is 0.343 e. The average molecular weight is 508 g/mol. The summed E-state index contributed by atoms with van der Waals surface area (Å²) in [4.78, 5) is 36.7. The molecule has 0 saturated carbocycles. The summed E-state index contributed by atoms with van der Waals surface area (Å²) in [6.07, 6.45) is 1.37. The van der Waals surface area contributed by atoms with Gasteiger partial charge in [0.05, 0.1) is 18.3 Å². The Balaban J connectivity index is 1.60. The molecule has 0 aliphatic carbocycles. The number of hydrogen-bond donors (Lipinski definition) is 2. The summed E-state index contributed by atoms with van der Waals surface area (Å²) in [5, 5.41) is 6.45. The Kier molecular flexibility index (Phi) is 8.10. The molecular formula is C25H22BrN3O4. The highest BCUT2D eigenvalue weighted by atomic mass is 79.9. The molecule has 0 atom stereocenters. The van der Waals surface area contributed by atoms with Crippen molar-refractivity contribution in [2.45, 2.75) is 13.8 Å². The number of amides is 2. The number of hydrazone groups is 1. The van der Waals surface area contributed by atoms with Crippen molar-refractivity contribution < 1.29 is 19.1 Å². The van der Waals surface area contributed by atoms with Crippen LogP contribution in [0.15, 0.2) is 76.3 Å². The SMILES string of the molecule is Cc1ccc(C(=O)NCC(=O)N/N=C/c2cc(Br)ccc2OC(=O)c2ccccc2C)cc1.